The predicted molar refractivity (Wildman–Crippen MR) is 64.8 cm³/mol. The van der Waals surface area contributed by atoms with Gasteiger partial charge >= 0.3 is 11.7 Å². The van der Waals surface area contributed by atoms with E-state index in [0.29, 0.717) is 6.42 Å². The zero-order valence-electron chi connectivity index (χ0n) is 9.79. The minimum absolute atomic E-state index is 0.0902. The predicted octanol–water partition coefficient (Wildman–Crippen LogP) is 1.48. The average molecular weight is 254 g/mol. The zero-order valence-corrected chi connectivity index (χ0v) is 9.79. The van der Waals surface area contributed by atoms with E-state index in [1.807, 2.05) is 0 Å². The number of nitrogens with one attached hydrogen (secondary N) is 1. The van der Waals surface area contributed by atoms with Crippen LogP contribution in [0.5, 0.6) is 0 Å². The summed E-state index contributed by atoms with van der Waals surface area (Å²) in [5, 5.41) is 31.8. The molecular weight excluding hydrogens is 240 g/mol. The maximum absolute atomic E-state index is 10.9. The summed E-state index contributed by atoms with van der Waals surface area (Å²) in [6, 6.07) is 3.99. The van der Waals surface area contributed by atoms with Gasteiger partial charge in [-0.3, -0.25) is 10.1 Å². The third-order valence-electron chi connectivity index (χ3n) is 2.45. The Hall–Kier alpha value is -2.15. The fourth-order valence-electron chi connectivity index (χ4n) is 1.43. The summed E-state index contributed by atoms with van der Waals surface area (Å²) < 4.78 is 0. The first-order chi connectivity index (χ1) is 8.47. The van der Waals surface area contributed by atoms with Crippen molar-refractivity contribution in [3.8, 4) is 0 Å². The molecule has 3 N–H and O–H groups in total. The number of carboxylic acid groups (broad SMARTS) is 1. The third-order valence-corrected chi connectivity index (χ3v) is 2.45. The van der Waals surface area contributed by atoms with Crippen LogP contribution in [0.1, 0.15) is 23.7 Å². The number of hydrogen-bond acceptors (Lipinski definition) is 5. The molecule has 1 aromatic carbocycles. The number of nitro benzene ring substituents is 1. The molecule has 0 aliphatic heterocycles. The smallest absolute Gasteiger partial charge is 0.342 e. The molecule has 0 aliphatic rings. The van der Waals surface area contributed by atoms with Crippen LogP contribution in [0.2, 0.25) is 0 Å². The first-order valence-electron chi connectivity index (χ1n) is 5.40. The van der Waals surface area contributed by atoms with Gasteiger partial charge in [0, 0.05) is 6.54 Å². The quantitative estimate of drug-likeness (QED) is 0.523. The monoisotopic (exact) mass is 254 g/mol. The fraction of sp³-hybridized carbons (Fsp3) is 0.364. The Kier molecular flexibility index (Phi) is 4.61. The SMILES string of the molecule is CCC(O)CNc1cccc(C(=O)O)c1[N+](=O)[O-]. The number of nitro groups is 1. The summed E-state index contributed by atoms with van der Waals surface area (Å²) in [4.78, 5) is 21.0. The van der Waals surface area contributed by atoms with Crippen molar-refractivity contribution >= 4 is 17.3 Å². The molecular formula is C11H14N2O5. The van der Waals surface area contributed by atoms with Crippen LogP contribution in [0.3, 0.4) is 0 Å². The Morgan fingerprint density at radius 2 is 2.22 bits per heavy atom. The number of carboxylic acids is 1. The lowest BCUT2D eigenvalue weighted by Crippen LogP contribution is -2.19. The van der Waals surface area contributed by atoms with E-state index in [2.05, 4.69) is 5.32 Å². The summed E-state index contributed by atoms with van der Waals surface area (Å²) in [6.45, 7) is 1.90. The first-order valence-corrected chi connectivity index (χ1v) is 5.40. The van der Waals surface area contributed by atoms with Gasteiger partial charge in [0.2, 0.25) is 0 Å². The van der Waals surface area contributed by atoms with E-state index in [9.17, 15) is 20.0 Å². The number of hydrogen-bond donors (Lipinski definition) is 3. The number of aliphatic hydroxyl groups excluding tert-OH is 1. The van der Waals surface area contributed by atoms with Crippen molar-refractivity contribution in [3.63, 3.8) is 0 Å². The molecule has 0 fully saturated rings. The van der Waals surface area contributed by atoms with Gasteiger partial charge in [-0.1, -0.05) is 13.0 Å². The standard InChI is InChI=1S/C11H14N2O5/c1-2-7(14)6-12-9-5-3-4-8(11(15)16)10(9)13(17)18/h3-5,7,12,14H,2,6H2,1H3,(H,15,16). The molecule has 0 bridgehead atoms. The molecule has 0 amide bonds. The highest BCUT2D eigenvalue weighted by Gasteiger charge is 2.24. The van der Waals surface area contributed by atoms with Gasteiger partial charge in [0.1, 0.15) is 11.3 Å². The van der Waals surface area contributed by atoms with Crippen molar-refractivity contribution in [2.75, 3.05) is 11.9 Å². The van der Waals surface area contributed by atoms with E-state index in [1.165, 1.54) is 18.2 Å². The van der Waals surface area contributed by atoms with Gasteiger partial charge in [-0.05, 0) is 18.6 Å². The van der Waals surface area contributed by atoms with Crippen LogP contribution < -0.4 is 5.32 Å². The van der Waals surface area contributed by atoms with Crippen LogP contribution in [-0.4, -0.2) is 33.8 Å². The Balaban J connectivity index is 3.07. The number of aromatic carboxylic acids is 1. The van der Waals surface area contributed by atoms with Gasteiger partial charge in [-0.15, -0.1) is 0 Å². The molecule has 18 heavy (non-hydrogen) atoms. The first kappa shape index (κ1) is 13.9. The highest BCUT2D eigenvalue weighted by Crippen LogP contribution is 2.28. The molecule has 0 aromatic heterocycles. The summed E-state index contributed by atoms with van der Waals surface area (Å²) >= 11 is 0. The van der Waals surface area contributed by atoms with Crippen molar-refractivity contribution in [2.24, 2.45) is 0 Å². The van der Waals surface area contributed by atoms with Gasteiger partial charge in [0.15, 0.2) is 0 Å². The molecule has 0 spiro atoms. The van der Waals surface area contributed by atoms with E-state index in [1.54, 1.807) is 6.92 Å². The molecule has 7 nitrogen and oxygen atoms in total. The van der Waals surface area contributed by atoms with E-state index in [0.717, 1.165) is 0 Å². The van der Waals surface area contributed by atoms with E-state index >= 15 is 0 Å². The number of para-hydroxylation sites is 1. The Bertz CT molecular complexity index is 461. The molecule has 1 unspecified atom stereocenters. The second-order valence-electron chi connectivity index (χ2n) is 3.71. The number of carbonyl (C=O) groups is 1. The number of rotatable bonds is 6. The maximum atomic E-state index is 10.9. The van der Waals surface area contributed by atoms with Gasteiger partial charge < -0.3 is 15.5 Å². The Morgan fingerprint density at radius 3 is 2.72 bits per heavy atom. The van der Waals surface area contributed by atoms with E-state index in [4.69, 9.17) is 5.11 Å². The zero-order chi connectivity index (χ0) is 13.7. The lowest BCUT2D eigenvalue weighted by Gasteiger charge is -2.11. The lowest BCUT2D eigenvalue weighted by molar-refractivity contribution is -0.384. The van der Waals surface area contributed by atoms with Gasteiger partial charge in [-0.2, -0.15) is 0 Å². The molecule has 1 aromatic rings. The van der Waals surface area contributed by atoms with Crippen LogP contribution in [0, 0.1) is 10.1 Å². The summed E-state index contributed by atoms with van der Waals surface area (Å²) in [5.41, 5.74) is -0.781. The molecule has 1 rings (SSSR count). The van der Waals surface area contributed by atoms with Gasteiger partial charge in [0.05, 0.1) is 11.0 Å². The fourth-order valence-corrected chi connectivity index (χ4v) is 1.43. The van der Waals surface area contributed by atoms with Crippen molar-refractivity contribution in [3.05, 3.63) is 33.9 Å². The second kappa shape index (κ2) is 5.97. The molecule has 1 atom stereocenters. The molecule has 98 valence electrons. The largest absolute Gasteiger partial charge is 0.477 e. The molecule has 0 saturated carbocycles. The summed E-state index contributed by atoms with van der Waals surface area (Å²) in [7, 11) is 0. The van der Waals surface area contributed by atoms with Crippen LogP contribution >= 0.6 is 0 Å². The van der Waals surface area contributed by atoms with Crippen molar-refractivity contribution in [2.45, 2.75) is 19.4 Å². The minimum atomic E-state index is -1.36. The van der Waals surface area contributed by atoms with Crippen molar-refractivity contribution in [1.82, 2.24) is 0 Å². The number of aliphatic hydroxyl groups is 1. The number of anilines is 1. The van der Waals surface area contributed by atoms with Gasteiger partial charge in [0.25, 0.3) is 0 Å². The Labute approximate surface area is 103 Å². The van der Waals surface area contributed by atoms with Crippen LogP contribution in [0.25, 0.3) is 0 Å². The number of nitrogens with zero attached hydrogens (tertiary/aromatic N) is 1. The van der Waals surface area contributed by atoms with Crippen LogP contribution in [-0.2, 0) is 0 Å². The van der Waals surface area contributed by atoms with Crippen molar-refractivity contribution < 1.29 is 19.9 Å². The lowest BCUT2D eigenvalue weighted by atomic mass is 10.1. The van der Waals surface area contributed by atoms with Crippen LogP contribution in [0.15, 0.2) is 18.2 Å². The highest BCUT2D eigenvalue weighted by molar-refractivity contribution is 5.95. The molecule has 0 heterocycles. The average Bonchev–Trinajstić information content (AvgIpc) is 2.34. The minimum Gasteiger partial charge on any atom is -0.477 e. The number of benzene rings is 1. The maximum Gasteiger partial charge on any atom is 0.342 e. The molecule has 0 radical (unpaired) electrons. The summed E-state index contributed by atoms with van der Waals surface area (Å²) in [6.07, 6.45) is -0.141. The molecule has 0 saturated heterocycles. The summed E-state index contributed by atoms with van der Waals surface area (Å²) in [5.74, 6) is -1.36. The molecule has 0 aliphatic carbocycles. The normalized spacial score (nSPS) is 11.9. The Morgan fingerprint density at radius 1 is 1.56 bits per heavy atom. The molecule has 7 heteroatoms. The van der Waals surface area contributed by atoms with E-state index < -0.39 is 22.7 Å². The van der Waals surface area contributed by atoms with Crippen LogP contribution in [0.4, 0.5) is 11.4 Å². The third kappa shape index (κ3) is 3.17. The highest BCUT2D eigenvalue weighted by atomic mass is 16.6. The van der Waals surface area contributed by atoms with Crippen molar-refractivity contribution in [1.29, 1.82) is 0 Å². The topological polar surface area (TPSA) is 113 Å². The van der Waals surface area contributed by atoms with Gasteiger partial charge in [-0.25, -0.2) is 4.79 Å². The van der Waals surface area contributed by atoms with E-state index in [-0.39, 0.29) is 17.8 Å². The second-order valence-corrected chi connectivity index (χ2v) is 3.71.